The van der Waals surface area contributed by atoms with Gasteiger partial charge < -0.3 is 4.74 Å². The van der Waals surface area contributed by atoms with Crippen LogP contribution >= 0.6 is 0 Å². The highest BCUT2D eigenvalue weighted by molar-refractivity contribution is 8.09. The van der Waals surface area contributed by atoms with Gasteiger partial charge in [-0.15, -0.1) is 0 Å². The second-order valence-electron chi connectivity index (χ2n) is 3.27. The number of nitrogens with zero attached hydrogens (tertiary/aromatic N) is 2. The number of ether oxygens (including phenoxy) is 1. The quantitative estimate of drug-likeness (QED) is 0.759. The van der Waals surface area contributed by atoms with Crippen LogP contribution in [0.4, 0.5) is 5.69 Å². The molecule has 0 fully saturated rings. The van der Waals surface area contributed by atoms with Gasteiger partial charge in [-0.3, -0.25) is 4.98 Å². The summed E-state index contributed by atoms with van der Waals surface area (Å²) in [5, 5.41) is 0. The highest BCUT2D eigenvalue weighted by Crippen LogP contribution is 2.30. The first-order valence-electron chi connectivity index (χ1n) is 4.36. The summed E-state index contributed by atoms with van der Waals surface area (Å²) in [7, 11) is -6.66. The third kappa shape index (κ3) is 3.07. The molecular weight excluding hydrogens is 268 g/mol. The van der Waals surface area contributed by atoms with Gasteiger partial charge in [-0.2, -0.15) is 3.71 Å². The summed E-state index contributed by atoms with van der Waals surface area (Å²) in [4.78, 5) is 3.69. The standard InChI is InChI=1S/C8H12N2O5S2/c1-15-8-4-5-9-6-7(8)10(16(2,11)12)17(3,13)14/h4-6H,1-3H3. The summed E-state index contributed by atoms with van der Waals surface area (Å²) < 4.78 is 51.2. The molecule has 7 nitrogen and oxygen atoms in total. The minimum atomic E-state index is -3.98. The van der Waals surface area contributed by atoms with Gasteiger partial charge in [0.1, 0.15) is 11.4 Å². The maximum absolute atomic E-state index is 11.5. The molecule has 96 valence electrons. The molecule has 1 rings (SSSR count). The number of anilines is 1. The van der Waals surface area contributed by atoms with E-state index in [1.807, 2.05) is 0 Å². The molecule has 0 aliphatic heterocycles. The molecule has 0 N–H and O–H groups in total. The van der Waals surface area contributed by atoms with E-state index in [0.29, 0.717) is 0 Å². The van der Waals surface area contributed by atoms with Crippen LogP contribution in [-0.2, 0) is 20.0 Å². The predicted octanol–water partition coefficient (Wildman–Crippen LogP) is -0.184. The molecule has 0 radical (unpaired) electrons. The lowest BCUT2D eigenvalue weighted by atomic mass is 10.4. The number of hydrogen-bond donors (Lipinski definition) is 0. The zero-order valence-electron chi connectivity index (χ0n) is 9.48. The maximum Gasteiger partial charge on any atom is 0.245 e. The largest absolute Gasteiger partial charge is 0.494 e. The third-order valence-corrected chi connectivity index (χ3v) is 5.00. The van der Waals surface area contributed by atoms with Crippen molar-refractivity contribution < 1.29 is 21.6 Å². The number of rotatable bonds is 4. The van der Waals surface area contributed by atoms with Crippen molar-refractivity contribution in [2.24, 2.45) is 0 Å². The van der Waals surface area contributed by atoms with Gasteiger partial charge in [0.15, 0.2) is 0 Å². The summed E-state index contributed by atoms with van der Waals surface area (Å²) in [6.45, 7) is 0. The second kappa shape index (κ2) is 4.49. The zero-order chi connectivity index (χ0) is 13.3. The van der Waals surface area contributed by atoms with E-state index in [1.165, 1.54) is 19.4 Å². The molecule has 17 heavy (non-hydrogen) atoms. The third-order valence-electron chi connectivity index (χ3n) is 1.78. The Morgan fingerprint density at radius 2 is 1.71 bits per heavy atom. The minimum Gasteiger partial charge on any atom is -0.494 e. The molecule has 0 amide bonds. The first-order chi connectivity index (χ1) is 7.68. The monoisotopic (exact) mass is 280 g/mol. The Morgan fingerprint density at radius 1 is 1.18 bits per heavy atom. The smallest absolute Gasteiger partial charge is 0.245 e. The molecule has 0 aliphatic carbocycles. The van der Waals surface area contributed by atoms with E-state index in [2.05, 4.69) is 4.98 Å². The van der Waals surface area contributed by atoms with Crippen LogP contribution in [0.3, 0.4) is 0 Å². The molecule has 0 spiro atoms. The van der Waals surface area contributed by atoms with Crippen molar-refractivity contribution in [3.63, 3.8) is 0 Å². The maximum atomic E-state index is 11.5. The van der Waals surface area contributed by atoms with Gasteiger partial charge in [-0.25, -0.2) is 16.8 Å². The lowest BCUT2D eigenvalue weighted by Crippen LogP contribution is -2.35. The van der Waals surface area contributed by atoms with Crippen molar-refractivity contribution in [1.29, 1.82) is 0 Å². The second-order valence-corrected chi connectivity index (χ2v) is 7.16. The normalized spacial score (nSPS) is 12.2. The molecule has 0 atom stereocenters. The fourth-order valence-electron chi connectivity index (χ4n) is 1.29. The molecule has 0 saturated heterocycles. The van der Waals surface area contributed by atoms with Gasteiger partial charge >= 0.3 is 0 Å². The predicted molar refractivity (Wildman–Crippen MR) is 63.0 cm³/mol. The lowest BCUT2D eigenvalue weighted by Gasteiger charge is -2.20. The fraction of sp³-hybridized carbons (Fsp3) is 0.375. The Balaban J connectivity index is 3.55. The van der Waals surface area contributed by atoms with E-state index in [4.69, 9.17) is 4.74 Å². The fourth-order valence-corrected chi connectivity index (χ4v) is 4.24. The SMILES string of the molecule is COc1ccncc1N(S(C)(=O)=O)S(C)(=O)=O. The summed E-state index contributed by atoms with van der Waals surface area (Å²) in [5.41, 5.74) is -0.139. The number of aromatic nitrogens is 1. The molecule has 0 unspecified atom stereocenters. The van der Waals surface area contributed by atoms with Crippen molar-refractivity contribution in [3.05, 3.63) is 18.5 Å². The Labute approximate surface area is 100 Å². The van der Waals surface area contributed by atoms with Crippen molar-refractivity contribution in [1.82, 2.24) is 4.98 Å². The number of methoxy groups -OCH3 is 1. The van der Waals surface area contributed by atoms with Crippen LogP contribution in [0.15, 0.2) is 18.5 Å². The zero-order valence-corrected chi connectivity index (χ0v) is 11.1. The first-order valence-corrected chi connectivity index (χ1v) is 8.06. The van der Waals surface area contributed by atoms with Crippen molar-refractivity contribution in [2.45, 2.75) is 0 Å². The minimum absolute atomic E-state index is 0.107. The van der Waals surface area contributed by atoms with Gasteiger partial charge in [0.25, 0.3) is 0 Å². The molecule has 1 aromatic heterocycles. The first kappa shape index (κ1) is 13.7. The highest BCUT2D eigenvalue weighted by atomic mass is 32.3. The molecule has 1 aromatic rings. The van der Waals surface area contributed by atoms with Crippen molar-refractivity contribution >= 4 is 25.7 Å². The Hall–Kier alpha value is -1.35. The van der Waals surface area contributed by atoms with Gasteiger partial charge in [-0.1, -0.05) is 0 Å². The van der Waals surface area contributed by atoms with E-state index in [0.717, 1.165) is 18.7 Å². The summed E-state index contributed by atoms with van der Waals surface area (Å²) in [6.07, 6.45) is 4.06. The van der Waals surface area contributed by atoms with Gasteiger partial charge in [0, 0.05) is 12.3 Å². The van der Waals surface area contributed by atoms with Crippen LogP contribution in [0.25, 0.3) is 0 Å². The molecule has 0 aromatic carbocycles. The number of hydrogen-bond acceptors (Lipinski definition) is 6. The van der Waals surface area contributed by atoms with Crippen LogP contribution < -0.4 is 8.45 Å². The van der Waals surface area contributed by atoms with E-state index in [9.17, 15) is 16.8 Å². The number of sulfonamides is 2. The number of pyridine rings is 1. The highest BCUT2D eigenvalue weighted by Gasteiger charge is 2.30. The van der Waals surface area contributed by atoms with Crippen molar-refractivity contribution in [3.8, 4) is 5.75 Å². The Morgan fingerprint density at radius 3 is 2.12 bits per heavy atom. The Bertz CT molecular complexity index is 577. The summed E-state index contributed by atoms with van der Waals surface area (Å²) in [5.74, 6) is 0.107. The molecule has 0 bridgehead atoms. The van der Waals surface area contributed by atoms with E-state index in [-0.39, 0.29) is 15.1 Å². The molecular formula is C8H12N2O5S2. The van der Waals surface area contributed by atoms with Gasteiger partial charge in [-0.05, 0) is 0 Å². The summed E-state index contributed by atoms with van der Waals surface area (Å²) >= 11 is 0. The van der Waals surface area contributed by atoms with Gasteiger partial charge in [0.2, 0.25) is 20.0 Å². The van der Waals surface area contributed by atoms with Crippen LogP contribution in [-0.4, -0.2) is 41.4 Å². The van der Waals surface area contributed by atoms with Gasteiger partial charge in [0.05, 0.1) is 25.8 Å². The topological polar surface area (TPSA) is 93.6 Å². The molecule has 0 saturated carbocycles. The average molecular weight is 280 g/mol. The average Bonchev–Trinajstić information content (AvgIpc) is 2.14. The summed E-state index contributed by atoms with van der Waals surface area (Å²) in [6, 6.07) is 1.37. The van der Waals surface area contributed by atoms with Crippen LogP contribution in [0.1, 0.15) is 0 Å². The van der Waals surface area contributed by atoms with Crippen molar-refractivity contribution in [2.75, 3.05) is 23.3 Å². The van der Waals surface area contributed by atoms with Crippen LogP contribution in [0.2, 0.25) is 0 Å². The van der Waals surface area contributed by atoms with E-state index in [1.54, 1.807) is 0 Å². The van der Waals surface area contributed by atoms with Crippen LogP contribution in [0, 0.1) is 0 Å². The molecule has 9 heteroatoms. The Kier molecular flexibility index (Phi) is 3.62. The van der Waals surface area contributed by atoms with E-state index < -0.39 is 20.0 Å². The molecule has 0 aliphatic rings. The van der Waals surface area contributed by atoms with Crippen LogP contribution in [0.5, 0.6) is 5.75 Å². The van der Waals surface area contributed by atoms with E-state index >= 15 is 0 Å². The molecule has 1 heterocycles. The lowest BCUT2D eigenvalue weighted by molar-refractivity contribution is 0.415.